The van der Waals surface area contributed by atoms with Crippen LogP contribution in [0, 0.1) is 13.8 Å². The van der Waals surface area contributed by atoms with Gasteiger partial charge in [0.05, 0.1) is 17.8 Å². The van der Waals surface area contributed by atoms with Crippen LogP contribution in [0.1, 0.15) is 34.1 Å². The highest BCUT2D eigenvalue weighted by Gasteiger charge is 2.41. The predicted octanol–water partition coefficient (Wildman–Crippen LogP) is 6.16. The molecule has 0 radical (unpaired) electrons. The minimum atomic E-state index is -4.90. The summed E-state index contributed by atoms with van der Waals surface area (Å²) in [5.74, 6) is -0.866. The van der Waals surface area contributed by atoms with Crippen molar-refractivity contribution in [1.82, 2.24) is 4.57 Å². The van der Waals surface area contributed by atoms with Gasteiger partial charge in [0.15, 0.2) is 0 Å². The Bertz CT molecular complexity index is 1180. The first-order valence-corrected chi connectivity index (χ1v) is 9.87. The summed E-state index contributed by atoms with van der Waals surface area (Å²) in [6.07, 6.45) is -9.39. The third-order valence-electron chi connectivity index (χ3n) is 5.52. The van der Waals surface area contributed by atoms with Crippen LogP contribution in [0.15, 0.2) is 54.6 Å². The average Bonchev–Trinajstić information content (AvgIpc) is 3.16. The fourth-order valence-corrected chi connectivity index (χ4v) is 4.08. The fourth-order valence-electron chi connectivity index (χ4n) is 4.08. The number of hydrogen-bond acceptors (Lipinski definition) is 2. The molecule has 1 aliphatic rings. The number of aromatic nitrogens is 1. The molecule has 4 nitrogen and oxygen atoms in total. The highest BCUT2D eigenvalue weighted by atomic mass is 19.4. The molecule has 2 aromatic carbocycles. The number of nitrogens with zero attached hydrogens (tertiary/aromatic N) is 2. The van der Waals surface area contributed by atoms with E-state index in [1.165, 1.54) is 29.2 Å². The average molecular weight is 468 g/mol. The lowest BCUT2D eigenvalue weighted by atomic mass is 10.1. The lowest BCUT2D eigenvalue weighted by Crippen LogP contribution is -2.31. The van der Waals surface area contributed by atoms with Gasteiger partial charge in [-0.3, -0.25) is 4.79 Å². The molecule has 0 fully saturated rings. The van der Waals surface area contributed by atoms with Gasteiger partial charge in [0, 0.05) is 17.0 Å². The van der Waals surface area contributed by atoms with Gasteiger partial charge in [0.1, 0.15) is 11.8 Å². The molecule has 1 aliphatic heterocycles. The summed E-state index contributed by atoms with van der Waals surface area (Å²) in [5, 5.41) is 0. The summed E-state index contributed by atoms with van der Waals surface area (Å²) in [6.45, 7) is 3.50. The van der Waals surface area contributed by atoms with Gasteiger partial charge >= 0.3 is 12.5 Å². The first kappa shape index (κ1) is 22.8. The van der Waals surface area contributed by atoms with E-state index in [1.807, 2.05) is 0 Å². The fraction of sp³-hybridized carbons (Fsp3) is 0.261. The molecule has 2 heterocycles. The molecule has 0 saturated carbocycles. The number of anilines is 1. The Hall–Kier alpha value is -3.43. The minimum Gasteiger partial charge on any atom is -0.406 e. The Morgan fingerprint density at radius 3 is 2.03 bits per heavy atom. The maximum absolute atomic E-state index is 13.5. The quantitative estimate of drug-likeness (QED) is 0.430. The predicted molar refractivity (Wildman–Crippen MR) is 108 cm³/mol. The summed E-state index contributed by atoms with van der Waals surface area (Å²) in [6, 6.07) is 10.7. The van der Waals surface area contributed by atoms with Gasteiger partial charge in [-0.1, -0.05) is 12.1 Å². The number of alkyl halides is 6. The molecule has 10 heteroatoms. The van der Waals surface area contributed by atoms with Gasteiger partial charge in [0.2, 0.25) is 0 Å². The van der Waals surface area contributed by atoms with Crippen molar-refractivity contribution in [3.63, 3.8) is 0 Å². The summed E-state index contributed by atoms with van der Waals surface area (Å²) in [7, 11) is 0. The minimum absolute atomic E-state index is 0.0424. The molecule has 1 amide bonds. The van der Waals surface area contributed by atoms with Crippen molar-refractivity contribution in [3.8, 4) is 5.75 Å². The van der Waals surface area contributed by atoms with Crippen LogP contribution in [0.3, 0.4) is 0 Å². The van der Waals surface area contributed by atoms with Gasteiger partial charge in [0.25, 0.3) is 5.91 Å². The normalized spacial score (nSPS) is 16.3. The second kappa shape index (κ2) is 7.86. The van der Waals surface area contributed by atoms with Crippen molar-refractivity contribution >= 4 is 11.6 Å². The molecular weight excluding hydrogens is 450 g/mol. The molecule has 1 atom stereocenters. The largest absolute Gasteiger partial charge is 0.573 e. The van der Waals surface area contributed by atoms with Crippen LogP contribution in [-0.4, -0.2) is 16.8 Å². The molecular formula is C23H18F6N2O2. The molecule has 3 aromatic rings. The summed E-state index contributed by atoms with van der Waals surface area (Å²) in [5.41, 5.74) is 1.78. The highest BCUT2D eigenvalue weighted by molar-refractivity contribution is 6.05. The van der Waals surface area contributed by atoms with Crippen LogP contribution in [0.25, 0.3) is 0 Å². The van der Waals surface area contributed by atoms with Crippen LogP contribution in [0.5, 0.6) is 5.75 Å². The Balaban J connectivity index is 1.75. The zero-order chi connectivity index (χ0) is 24.1. The number of aryl methyl sites for hydroxylation is 2. The maximum atomic E-state index is 13.5. The molecule has 0 N–H and O–H groups in total. The van der Waals surface area contributed by atoms with Gasteiger partial charge in [-0.25, -0.2) is 0 Å². The Morgan fingerprint density at radius 2 is 1.48 bits per heavy atom. The molecule has 4 rings (SSSR count). The van der Waals surface area contributed by atoms with E-state index < -0.39 is 35.8 Å². The first-order valence-electron chi connectivity index (χ1n) is 9.87. The number of carbonyl (C=O) groups excluding carboxylic acids is 1. The van der Waals surface area contributed by atoms with Crippen molar-refractivity contribution in [2.24, 2.45) is 0 Å². The van der Waals surface area contributed by atoms with E-state index in [0.717, 1.165) is 29.6 Å². The van der Waals surface area contributed by atoms with E-state index in [0.29, 0.717) is 16.8 Å². The molecule has 1 aromatic heterocycles. The second-order valence-corrected chi connectivity index (χ2v) is 7.78. The van der Waals surface area contributed by atoms with E-state index in [2.05, 4.69) is 4.74 Å². The zero-order valence-corrected chi connectivity index (χ0v) is 17.5. The van der Waals surface area contributed by atoms with Gasteiger partial charge < -0.3 is 14.2 Å². The number of halogens is 6. The van der Waals surface area contributed by atoms with Crippen molar-refractivity contribution in [1.29, 1.82) is 0 Å². The van der Waals surface area contributed by atoms with Crippen LogP contribution >= 0.6 is 0 Å². The van der Waals surface area contributed by atoms with E-state index in [9.17, 15) is 31.1 Å². The number of amides is 1. The topological polar surface area (TPSA) is 34.5 Å². The van der Waals surface area contributed by atoms with Crippen LogP contribution in [0.2, 0.25) is 0 Å². The number of benzene rings is 2. The van der Waals surface area contributed by atoms with Crippen molar-refractivity contribution in [3.05, 3.63) is 82.7 Å². The maximum Gasteiger partial charge on any atom is 0.573 e. The van der Waals surface area contributed by atoms with E-state index in [1.54, 1.807) is 30.5 Å². The lowest BCUT2D eigenvalue weighted by molar-refractivity contribution is -0.274. The summed E-state index contributed by atoms with van der Waals surface area (Å²) in [4.78, 5) is 14.8. The number of fused-ring (bicyclic) bond motifs is 1. The molecule has 33 heavy (non-hydrogen) atoms. The van der Waals surface area contributed by atoms with Crippen LogP contribution < -0.4 is 9.64 Å². The third kappa shape index (κ3) is 4.42. The smallest absolute Gasteiger partial charge is 0.406 e. The zero-order valence-electron chi connectivity index (χ0n) is 17.5. The molecule has 0 bridgehead atoms. The number of hydrogen-bond donors (Lipinski definition) is 0. The molecule has 1 unspecified atom stereocenters. The standard InChI is InChI=1S/C23H18F6N2O2/c1-13-3-4-14(2)31(13)20-18-11-17(33-23(27,28)29)9-10-19(18)30(21(20)32)12-15-5-7-16(8-6-15)22(24,25)26/h3-11,20H,12H2,1-2H3. The van der Waals surface area contributed by atoms with E-state index >= 15 is 0 Å². The first-order chi connectivity index (χ1) is 15.3. The summed E-state index contributed by atoms with van der Waals surface area (Å²) >= 11 is 0. The number of rotatable bonds is 4. The van der Waals surface area contributed by atoms with Crippen LogP contribution in [0.4, 0.5) is 32.0 Å². The van der Waals surface area contributed by atoms with E-state index in [4.69, 9.17) is 0 Å². The Labute approximate surface area is 185 Å². The van der Waals surface area contributed by atoms with E-state index in [-0.39, 0.29) is 6.54 Å². The lowest BCUT2D eigenvalue weighted by Gasteiger charge is -2.20. The second-order valence-electron chi connectivity index (χ2n) is 7.78. The van der Waals surface area contributed by atoms with Crippen molar-refractivity contribution < 1.29 is 35.9 Å². The molecule has 0 spiro atoms. The van der Waals surface area contributed by atoms with Gasteiger partial charge in [-0.2, -0.15) is 13.2 Å². The summed E-state index contributed by atoms with van der Waals surface area (Å²) < 4.78 is 82.6. The molecule has 0 saturated heterocycles. The SMILES string of the molecule is Cc1ccc(C)n1C1C(=O)N(Cc2ccc(C(F)(F)F)cc2)c2ccc(OC(F)(F)F)cc21. The Kier molecular flexibility index (Phi) is 5.42. The Morgan fingerprint density at radius 1 is 0.879 bits per heavy atom. The van der Waals surface area contributed by atoms with Crippen molar-refractivity contribution in [2.45, 2.75) is 39.0 Å². The molecule has 174 valence electrons. The number of carbonyl (C=O) groups is 1. The molecule has 0 aliphatic carbocycles. The van der Waals surface area contributed by atoms with Gasteiger partial charge in [-0.15, -0.1) is 13.2 Å². The van der Waals surface area contributed by atoms with Gasteiger partial charge in [-0.05, 0) is 61.9 Å². The highest BCUT2D eigenvalue weighted by Crippen LogP contribution is 2.43. The van der Waals surface area contributed by atoms with Crippen LogP contribution in [-0.2, 0) is 17.5 Å². The van der Waals surface area contributed by atoms with Crippen molar-refractivity contribution in [2.75, 3.05) is 4.90 Å². The monoisotopic (exact) mass is 468 g/mol. The third-order valence-corrected chi connectivity index (χ3v) is 5.52. The number of ether oxygens (including phenoxy) is 1.